The molecule has 2 unspecified atom stereocenters. The molecule has 266 valence electrons. The summed E-state index contributed by atoms with van der Waals surface area (Å²) in [6, 6.07) is 24.4. The Kier molecular flexibility index (Phi) is 13.0. The summed E-state index contributed by atoms with van der Waals surface area (Å²) >= 11 is 15.1. The van der Waals surface area contributed by atoms with Crippen LogP contribution in [0.3, 0.4) is 0 Å². The lowest BCUT2D eigenvalue weighted by atomic mass is 10.2. The van der Waals surface area contributed by atoms with Crippen LogP contribution in [0.5, 0.6) is 0 Å². The van der Waals surface area contributed by atoms with Crippen LogP contribution in [0, 0.1) is 0 Å². The van der Waals surface area contributed by atoms with E-state index in [0.29, 0.717) is 0 Å². The lowest BCUT2D eigenvalue weighted by Gasteiger charge is -2.65. The van der Waals surface area contributed by atoms with Crippen molar-refractivity contribution in [3.8, 4) is 0 Å². The van der Waals surface area contributed by atoms with Gasteiger partial charge in [0.15, 0.2) is 0 Å². The van der Waals surface area contributed by atoms with Crippen molar-refractivity contribution < 1.29 is 0 Å². The van der Waals surface area contributed by atoms with Crippen LogP contribution in [0.15, 0.2) is 60.7 Å². The second-order valence-electron chi connectivity index (χ2n) is 18.6. The van der Waals surface area contributed by atoms with Gasteiger partial charge in [-0.15, -0.1) is 22.2 Å². The van der Waals surface area contributed by atoms with E-state index in [1.807, 2.05) is 0 Å². The van der Waals surface area contributed by atoms with Crippen LogP contribution in [0.25, 0.3) is 0 Å². The number of hydrogen-bond acceptors (Lipinski definition) is 2. The summed E-state index contributed by atoms with van der Waals surface area (Å²) in [5.74, 6) is 0. The zero-order valence-electron chi connectivity index (χ0n) is 32.9. The second-order valence-corrected chi connectivity index (χ2v) is 41.7. The van der Waals surface area contributed by atoms with Gasteiger partial charge in [-0.05, 0) is 80.1 Å². The minimum atomic E-state index is -2.19. The molecule has 2 nitrogen and oxygen atoms in total. The Morgan fingerprint density at radius 2 is 0.830 bits per heavy atom. The summed E-state index contributed by atoms with van der Waals surface area (Å²) in [5.41, 5.74) is 2.21. The normalized spacial score (nSPS) is 23.9. The standard InChI is InChI=1S/C21H38ClNSi2.C18H32ClNSi2/c1-19(2,3)25(20(4,5)6,21(7,8)9)23-16-13-17-24(23,22)18-14-11-10-12-15-18;1-15(2)22(16(3)4,17(5)6)20-13-10-14-21(20,19)18-11-8-7-9-12-18/h10-12,14-15H,13,16-17H2,1-9H3;7-9,11-12,15-17H,10,13-14H2,1-6H3. The molecule has 0 N–H and O–H groups in total. The molecule has 0 amide bonds. The fourth-order valence-electron chi connectivity index (χ4n) is 12.0. The molecule has 2 atom stereocenters. The SMILES string of the molecule is CC(C)(C)[Si](N1CCC[Si]1(Cl)c1ccccc1)(C(C)(C)C)C(C)(C)C.CC(C)[Si](C(C)C)(C(C)C)N1CCC[Si]1(Cl)c1ccccc1. The van der Waals surface area contributed by atoms with Crippen molar-refractivity contribution in [3.05, 3.63) is 60.7 Å². The topological polar surface area (TPSA) is 6.48 Å². The van der Waals surface area contributed by atoms with Crippen molar-refractivity contribution in [1.82, 2.24) is 8.46 Å². The first kappa shape index (κ1) is 41.2. The number of rotatable bonds is 7. The predicted molar refractivity (Wildman–Crippen MR) is 224 cm³/mol. The smallest absolute Gasteiger partial charge is 0.254 e. The van der Waals surface area contributed by atoms with Gasteiger partial charge >= 0.3 is 0 Å². The monoisotopic (exact) mass is 748 g/mol. The molecule has 2 aromatic carbocycles. The molecule has 8 heteroatoms. The molecule has 4 rings (SSSR count). The van der Waals surface area contributed by atoms with Crippen LogP contribution < -0.4 is 10.4 Å². The fraction of sp³-hybridized carbons (Fsp3) is 0.692. The second kappa shape index (κ2) is 14.8. The molecule has 2 aliphatic rings. The van der Waals surface area contributed by atoms with Gasteiger partial charge in [-0.1, -0.05) is 165 Å². The first-order valence-electron chi connectivity index (χ1n) is 18.5. The third kappa shape index (κ3) is 7.16. The zero-order valence-corrected chi connectivity index (χ0v) is 38.4. The molecule has 0 aliphatic carbocycles. The molecule has 2 saturated heterocycles. The van der Waals surface area contributed by atoms with Gasteiger partial charge < -0.3 is 8.46 Å². The first-order chi connectivity index (χ1) is 21.5. The third-order valence-electron chi connectivity index (χ3n) is 12.0. The van der Waals surface area contributed by atoms with Gasteiger partial charge in [0.1, 0.15) is 16.5 Å². The quantitative estimate of drug-likeness (QED) is 0.205. The molecule has 2 aliphatic heterocycles. The molecular formula is C39H70Cl2N2Si4. The van der Waals surface area contributed by atoms with E-state index in [0.717, 1.165) is 16.6 Å². The van der Waals surface area contributed by atoms with Crippen molar-refractivity contribution in [3.63, 3.8) is 0 Å². The van der Waals surface area contributed by atoms with E-state index in [-0.39, 0.29) is 15.1 Å². The van der Waals surface area contributed by atoms with E-state index in [1.54, 1.807) is 0 Å². The summed E-state index contributed by atoms with van der Waals surface area (Å²) in [5, 5.41) is 3.57. The Labute approximate surface area is 305 Å². The molecule has 0 aromatic heterocycles. The zero-order chi connectivity index (χ0) is 35.9. The van der Waals surface area contributed by atoms with Crippen LogP contribution in [-0.4, -0.2) is 53.1 Å². The number of halogens is 2. The summed E-state index contributed by atoms with van der Waals surface area (Å²) in [6.45, 7) is 39.3. The molecule has 0 saturated carbocycles. The Hall–Kier alpha value is -0.192. The van der Waals surface area contributed by atoms with Gasteiger partial charge in [0.2, 0.25) is 0 Å². The highest BCUT2D eigenvalue weighted by atomic mass is 35.6. The predicted octanol–water partition coefficient (Wildman–Crippen LogP) is 12.1. The maximum absolute atomic E-state index is 7.66. The summed E-state index contributed by atoms with van der Waals surface area (Å²) in [7, 11) is -7.91. The first-order valence-corrected chi connectivity index (χ1v) is 29.0. The van der Waals surface area contributed by atoms with E-state index in [1.165, 1.54) is 48.4 Å². The lowest BCUT2D eigenvalue weighted by Crippen LogP contribution is -2.76. The van der Waals surface area contributed by atoms with Crippen LogP contribution in [0.1, 0.15) is 117 Å². The van der Waals surface area contributed by atoms with Gasteiger partial charge in [0.05, 0.1) is 0 Å². The molecule has 0 spiro atoms. The molecule has 2 heterocycles. The highest BCUT2D eigenvalue weighted by molar-refractivity contribution is 7.30. The number of benzene rings is 2. The van der Waals surface area contributed by atoms with E-state index >= 15 is 0 Å². The van der Waals surface area contributed by atoms with Crippen molar-refractivity contribution in [1.29, 1.82) is 0 Å². The maximum atomic E-state index is 7.66. The lowest BCUT2D eigenvalue weighted by molar-refractivity contribution is 0.442. The van der Waals surface area contributed by atoms with E-state index < -0.39 is 31.6 Å². The van der Waals surface area contributed by atoms with E-state index in [4.69, 9.17) is 22.2 Å². The highest BCUT2D eigenvalue weighted by Crippen LogP contribution is 2.65. The Morgan fingerprint density at radius 1 is 0.532 bits per heavy atom. The van der Waals surface area contributed by atoms with Crippen molar-refractivity contribution >= 4 is 64.1 Å². The highest BCUT2D eigenvalue weighted by Gasteiger charge is 2.68. The van der Waals surface area contributed by atoms with E-state index in [9.17, 15) is 0 Å². The Bertz CT molecular complexity index is 1230. The minimum Gasteiger partial charge on any atom is -0.329 e. The molecule has 0 bridgehead atoms. The van der Waals surface area contributed by atoms with Crippen LogP contribution in [0.4, 0.5) is 0 Å². The van der Waals surface area contributed by atoms with Crippen LogP contribution in [-0.2, 0) is 0 Å². The summed E-state index contributed by atoms with van der Waals surface area (Å²) < 4.78 is 5.85. The summed E-state index contributed by atoms with van der Waals surface area (Å²) in [4.78, 5) is 0. The van der Waals surface area contributed by atoms with Crippen molar-refractivity contribution in [2.45, 2.75) is 161 Å². The maximum Gasteiger partial charge on any atom is 0.254 e. The molecule has 0 radical (unpaired) electrons. The summed E-state index contributed by atoms with van der Waals surface area (Å²) in [6.07, 6.45) is 2.51. The molecule has 2 fully saturated rings. The van der Waals surface area contributed by atoms with Gasteiger partial charge in [0, 0.05) is 0 Å². The Balaban J connectivity index is 0.000000257. The fourth-order valence-corrected chi connectivity index (χ4v) is 49.4. The average Bonchev–Trinajstić information content (AvgIpc) is 3.52. The van der Waals surface area contributed by atoms with Gasteiger partial charge in [-0.25, -0.2) is 0 Å². The molecule has 47 heavy (non-hydrogen) atoms. The van der Waals surface area contributed by atoms with Gasteiger partial charge in [0.25, 0.3) is 15.1 Å². The number of hydrogen-bond donors (Lipinski definition) is 0. The van der Waals surface area contributed by atoms with Gasteiger partial charge in [-0.3, -0.25) is 0 Å². The molecule has 2 aromatic rings. The van der Waals surface area contributed by atoms with Crippen molar-refractivity contribution in [2.75, 3.05) is 13.1 Å². The number of nitrogens with zero attached hydrogens (tertiary/aromatic N) is 2. The van der Waals surface area contributed by atoms with Crippen molar-refractivity contribution in [2.24, 2.45) is 0 Å². The largest absolute Gasteiger partial charge is 0.329 e. The minimum absolute atomic E-state index is 0.246. The average molecular weight is 750 g/mol. The third-order valence-corrected chi connectivity index (χ3v) is 41.8. The van der Waals surface area contributed by atoms with E-state index in [2.05, 4.69) is 173 Å². The molecular weight excluding hydrogens is 680 g/mol. The van der Waals surface area contributed by atoms with Gasteiger partial charge in [-0.2, -0.15) is 0 Å². The van der Waals surface area contributed by atoms with Crippen LogP contribution in [0.2, 0.25) is 43.8 Å². The van der Waals surface area contributed by atoms with Crippen LogP contribution >= 0.6 is 22.2 Å². The Morgan fingerprint density at radius 3 is 1.13 bits per heavy atom.